The number of hydrogen-bond acceptors (Lipinski definition) is 5. The van der Waals surface area contributed by atoms with Gasteiger partial charge in [-0.05, 0) is 36.2 Å². The van der Waals surface area contributed by atoms with Crippen LogP contribution in [0.5, 0.6) is 23.0 Å². The summed E-state index contributed by atoms with van der Waals surface area (Å²) in [5, 5.41) is 0. The van der Waals surface area contributed by atoms with Crippen LogP contribution in [0.25, 0.3) is 0 Å². The topological polar surface area (TPSA) is 54.0 Å². The first-order valence-electron chi connectivity index (χ1n) is 8.99. The van der Waals surface area contributed by atoms with E-state index in [1.54, 1.807) is 46.6 Å². The van der Waals surface area contributed by atoms with Gasteiger partial charge in [0.25, 0.3) is 0 Å². The van der Waals surface area contributed by atoms with Gasteiger partial charge in [-0.25, -0.2) is 0 Å². The van der Waals surface area contributed by atoms with Gasteiger partial charge in [0.1, 0.15) is 23.0 Å². The van der Waals surface area contributed by atoms with Crippen LogP contribution in [0.3, 0.4) is 0 Å². The molecule has 0 amide bonds. The van der Waals surface area contributed by atoms with Crippen LogP contribution < -0.4 is 18.9 Å². The van der Waals surface area contributed by atoms with Crippen molar-refractivity contribution >= 4 is 5.78 Å². The number of hydrogen-bond donors (Lipinski definition) is 0. The summed E-state index contributed by atoms with van der Waals surface area (Å²) in [5.74, 6) is 3.09. The van der Waals surface area contributed by atoms with Crippen molar-refractivity contribution in [1.29, 1.82) is 0 Å². The molecule has 2 rings (SSSR count). The Bertz CT molecular complexity index is 680. The minimum absolute atomic E-state index is 0.0854. The highest BCUT2D eigenvalue weighted by Gasteiger charge is 2.07. The predicted molar refractivity (Wildman–Crippen MR) is 108 cm³/mol. The lowest BCUT2D eigenvalue weighted by molar-refractivity contribution is 0.0987. The Hall–Kier alpha value is -2.69. The minimum Gasteiger partial charge on any atom is -0.497 e. The van der Waals surface area contributed by atoms with E-state index in [2.05, 4.69) is 6.92 Å². The summed E-state index contributed by atoms with van der Waals surface area (Å²) in [5.41, 5.74) is 1.89. The van der Waals surface area contributed by atoms with E-state index < -0.39 is 0 Å². The van der Waals surface area contributed by atoms with E-state index >= 15 is 0 Å². The van der Waals surface area contributed by atoms with Gasteiger partial charge in [-0.1, -0.05) is 20.3 Å². The van der Waals surface area contributed by atoms with Crippen molar-refractivity contribution in [3.05, 3.63) is 47.5 Å². The van der Waals surface area contributed by atoms with E-state index in [0.717, 1.165) is 24.3 Å². The summed E-state index contributed by atoms with van der Waals surface area (Å²) < 4.78 is 20.4. The molecule has 2 aromatic rings. The smallest absolute Gasteiger partial charge is 0.162 e. The van der Waals surface area contributed by atoms with Crippen LogP contribution in [0.1, 0.15) is 42.6 Å². The average Bonchev–Trinajstić information content (AvgIpc) is 2.72. The van der Waals surface area contributed by atoms with Crippen LogP contribution >= 0.6 is 0 Å². The van der Waals surface area contributed by atoms with Gasteiger partial charge >= 0.3 is 0 Å². The lowest BCUT2D eigenvalue weighted by Crippen LogP contribution is -1.98. The molecule has 0 aromatic heterocycles. The molecule has 5 nitrogen and oxygen atoms in total. The second-order valence-electron chi connectivity index (χ2n) is 5.85. The molecule has 0 N–H and O–H groups in total. The fourth-order valence-corrected chi connectivity index (χ4v) is 2.47. The van der Waals surface area contributed by atoms with Crippen molar-refractivity contribution in [3.8, 4) is 23.0 Å². The largest absolute Gasteiger partial charge is 0.497 e. The minimum atomic E-state index is 0.0854. The van der Waals surface area contributed by atoms with Gasteiger partial charge in [0.05, 0.1) is 28.4 Å². The van der Waals surface area contributed by atoms with E-state index in [-0.39, 0.29) is 5.78 Å². The number of aryl methyl sites for hydroxylation is 1. The molecule has 0 saturated carbocycles. The van der Waals surface area contributed by atoms with Gasteiger partial charge in [0, 0.05) is 24.1 Å². The standard InChI is InChI=1S/C11H14O3.C11H16O2/c1-4-11(12)8-5-9(13-2)7-10(6-8)14-3;1-4-5-9-6-10(12-2)8-11(7-9)13-3/h5-7H,4H2,1-3H3;6-8H,4-5H2,1-3H3. The summed E-state index contributed by atoms with van der Waals surface area (Å²) in [4.78, 5) is 11.4. The van der Waals surface area contributed by atoms with E-state index in [4.69, 9.17) is 18.9 Å². The first kappa shape index (κ1) is 22.4. The molecule has 0 radical (unpaired) electrons. The number of ketones is 1. The Morgan fingerprint density at radius 1 is 0.704 bits per heavy atom. The van der Waals surface area contributed by atoms with Gasteiger partial charge in [0.15, 0.2) is 5.78 Å². The number of methoxy groups -OCH3 is 4. The van der Waals surface area contributed by atoms with Crippen LogP contribution in [0.15, 0.2) is 36.4 Å². The van der Waals surface area contributed by atoms with Gasteiger partial charge < -0.3 is 18.9 Å². The molecule has 0 unspecified atom stereocenters. The van der Waals surface area contributed by atoms with E-state index in [0.29, 0.717) is 23.5 Å². The Kier molecular flexibility index (Phi) is 9.80. The van der Waals surface area contributed by atoms with Crippen LogP contribution in [-0.4, -0.2) is 34.2 Å². The van der Waals surface area contributed by atoms with E-state index in [1.165, 1.54) is 5.56 Å². The first-order valence-corrected chi connectivity index (χ1v) is 8.99. The molecule has 0 aliphatic rings. The second-order valence-corrected chi connectivity index (χ2v) is 5.85. The van der Waals surface area contributed by atoms with Gasteiger partial charge in [-0.2, -0.15) is 0 Å². The summed E-state index contributed by atoms with van der Waals surface area (Å²) in [7, 11) is 6.47. The van der Waals surface area contributed by atoms with Gasteiger partial charge in [-0.3, -0.25) is 4.79 Å². The maximum atomic E-state index is 11.4. The molecule has 2 aromatic carbocycles. The lowest BCUT2D eigenvalue weighted by Gasteiger charge is -2.07. The molecule has 0 spiro atoms. The summed E-state index contributed by atoms with van der Waals surface area (Å²) >= 11 is 0. The zero-order valence-corrected chi connectivity index (χ0v) is 17.1. The molecule has 0 fully saturated rings. The van der Waals surface area contributed by atoms with Crippen molar-refractivity contribution in [1.82, 2.24) is 0 Å². The average molecular weight is 374 g/mol. The molecule has 0 aliphatic heterocycles. The summed E-state index contributed by atoms with van der Waals surface area (Å²) in [6.07, 6.45) is 2.68. The van der Waals surface area contributed by atoms with Crippen molar-refractivity contribution in [2.24, 2.45) is 0 Å². The van der Waals surface area contributed by atoms with E-state index in [9.17, 15) is 4.79 Å². The Labute approximate surface area is 162 Å². The zero-order chi connectivity index (χ0) is 20.2. The summed E-state index contributed by atoms with van der Waals surface area (Å²) in [6, 6.07) is 11.2. The van der Waals surface area contributed by atoms with Gasteiger partial charge in [0.2, 0.25) is 0 Å². The highest BCUT2D eigenvalue weighted by Crippen LogP contribution is 2.24. The van der Waals surface area contributed by atoms with E-state index in [1.807, 2.05) is 25.1 Å². The Balaban J connectivity index is 0.000000271. The highest BCUT2D eigenvalue weighted by molar-refractivity contribution is 5.96. The number of carbonyl (C=O) groups excluding carboxylic acids is 1. The molecule has 27 heavy (non-hydrogen) atoms. The molecule has 0 atom stereocenters. The quantitative estimate of drug-likeness (QED) is 0.612. The van der Waals surface area contributed by atoms with Gasteiger partial charge in [-0.15, -0.1) is 0 Å². The lowest BCUT2D eigenvalue weighted by atomic mass is 10.1. The molecule has 0 saturated heterocycles. The molecule has 0 aliphatic carbocycles. The highest BCUT2D eigenvalue weighted by atomic mass is 16.5. The maximum absolute atomic E-state index is 11.4. The number of carbonyl (C=O) groups is 1. The van der Waals surface area contributed by atoms with Crippen LogP contribution in [-0.2, 0) is 6.42 Å². The number of rotatable bonds is 8. The SMILES string of the molecule is CCC(=O)c1cc(OC)cc(OC)c1.CCCc1cc(OC)cc(OC)c1. The predicted octanol–water partition coefficient (Wildman–Crippen LogP) is 4.95. The van der Waals surface area contributed by atoms with Crippen LogP contribution in [0, 0.1) is 0 Å². The fourth-order valence-electron chi connectivity index (χ4n) is 2.47. The molecule has 0 heterocycles. The van der Waals surface area contributed by atoms with Crippen molar-refractivity contribution in [2.75, 3.05) is 28.4 Å². The molecule has 0 bridgehead atoms. The third kappa shape index (κ3) is 7.21. The second kappa shape index (κ2) is 11.8. The Morgan fingerprint density at radius 3 is 1.44 bits per heavy atom. The number of benzene rings is 2. The van der Waals surface area contributed by atoms with Crippen LogP contribution in [0.4, 0.5) is 0 Å². The van der Waals surface area contributed by atoms with Crippen molar-refractivity contribution in [2.45, 2.75) is 33.1 Å². The molecule has 148 valence electrons. The molecular weight excluding hydrogens is 344 g/mol. The number of ether oxygens (including phenoxy) is 4. The zero-order valence-electron chi connectivity index (χ0n) is 17.1. The normalized spacial score (nSPS) is 9.70. The first-order chi connectivity index (χ1) is 13.0. The Morgan fingerprint density at radius 2 is 1.11 bits per heavy atom. The number of Topliss-reactive ketones (excluding diaryl/α,β-unsaturated/α-hetero) is 1. The maximum Gasteiger partial charge on any atom is 0.162 e. The molecular formula is C22H30O5. The summed E-state index contributed by atoms with van der Waals surface area (Å²) in [6.45, 7) is 3.99. The van der Waals surface area contributed by atoms with Crippen molar-refractivity contribution in [3.63, 3.8) is 0 Å². The third-order valence-corrected chi connectivity index (χ3v) is 3.94. The third-order valence-electron chi connectivity index (χ3n) is 3.94. The van der Waals surface area contributed by atoms with Crippen molar-refractivity contribution < 1.29 is 23.7 Å². The monoisotopic (exact) mass is 374 g/mol. The molecule has 5 heteroatoms. The fraction of sp³-hybridized carbons (Fsp3) is 0.409. The van der Waals surface area contributed by atoms with Crippen LogP contribution in [0.2, 0.25) is 0 Å².